The van der Waals surface area contributed by atoms with Gasteiger partial charge in [-0.15, -0.1) is 24.8 Å². The van der Waals surface area contributed by atoms with E-state index in [0.29, 0.717) is 35.3 Å². The molecular weight excluding hydrogens is 479 g/mol. The number of hydrogen-bond donors (Lipinski definition) is 2. The first-order valence-corrected chi connectivity index (χ1v) is 10.1. The lowest BCUT2D eigenvalue weighted by Crippen LogP contribution is -2.31. The fourth-order valence-corrected chi connectivity index (χ4v) is 3.36. The SMILES string of the molecule is Cl.Cl.NC/C=C\CN.O=C1c2ccccc2C(=O)N1C/C=C\CN1C(=O)c2ccccc2C1=O. The number of nitrogens with two attached hydrogens (primary N) is 2. The van der Waals surface area contributed by atoms with Crippen LogP contribution in [0.2, 0.25) is 0 Å². The summed E-state index contributed by atoms with van der Waals surface area (Å²) >= 11 is 0. The van der Waals surface area contributed by atoms with Crippen LogP contribution < -0.4 is 11.5 Å². The van der Waals surface area contributed by atoms with Gasteiger partial charge in [-0.05, 0) is 24.3 Å². The number of carbonyl (C=O) groups is 4. The molecule has 0 aromatic heterocycles. The molecule has 4 rings (SSSR count). The maximum absolute atomic E-state index is 12.3. The van der Waals surface area contributed by atoms with Gasteiger partial charge in [-0.1, -0.05) is 48.6 Å². The minimum atomic E-state index is -0.337. The summed E-state index contributed by atoms with van der Waals surface area (Å²) in [6.45, 7) is 1.37. The van der Waals surface area contributed by atoms with Crippen LogP contribution >= 0.6 is 24.8 Å². The number of rotatable bonds is 6. The van der Waals surface area contributed by atoms with Gasteiger partial charge in [0, 0.05) is 26.2 Å². The third kappa shape index (κ3) is 5.98. The van der Waals surface area contributed by atoms with Crippen molar-refractivity contribution in [3.05, 3.63) is 95.1 Å². The molecule has 0 fully saturated rings. The average molecular weight is 505 g/mol. The molecule has 10 heteroatoms. The smallest absolute Gasteiger partial charge is 0.261 e. The highest BCUT2D eigenvalue weighted by molar-refractivity contribution is 6.22. The molecule has 0 radical (unpaired) electrons. The van der Waals surface area contributed by atoms with Crippen molar-refractivity contribution in [3.63, 3.8) is 0 Å². The summed E-state index contributed by atoms with van der Waals surface area (Å²) in [6.07, 6.45) is 6.90. The van der Waals surface area contributed by atoms with Crippen LogP contribution in [0.3, 0.4) is 0 Å². The van der Waals surface area contributed by atoms with E-state index in [9.17, 15) is 19.2 Å². The summed E-state index contributed by atoms with van der Waals surface area (Å²) < 4.78 is 0. The molecule has 0 atom stereocenters. The van der Waals surface area contributed by atoms with E-state index in [1.165, 1.54) is 0 Å². The van der Waals surface area contributed by atoms with E-state index in [0.717, 1.165) is 9.80 Å². The Kier molecular flexibility index (Phi) is 11.3. The van der Waals surface area contributed by atoms with E-state index in [-0.39, 0.29) is 61.5 Å². The average Bonchev–Trinajstić information content (AvgIpc) is 3.21. The zero-order valence-electron chi connectivity index (χ0n) is 18.3. The quantitative estimate of drug-likeness (QED) is 0.459. The van der Waals surface area contributed by atoms with Gasteiger partial charge in [-0.25, -0.2) is 0 Å². The third-order valence-corrected chi connectivity index (χ3v) is 4.94. The number of hydrogen-bond acceptors (Lipinski definition) is 6. The third-order valence-electron chi connectivity index (χ3n) is 4.94. The predicted molar refractivity (Wildman–Crippen MR) is 135 cm³/mol. The molecule has 2 aliphatic heterocycles. The number of nitrogens with zero attached hydrogens (tertiary/aromatic N) is 2. The second-order valence-corrected chi connectivity index (χ2v) is 6.95. The number of halogens is 2. The molecule has 2 aromatic rings. The fourth-order valence-electron chi connectivity index (χ4n) is 3.36. The zero-order valence-corrected chi connectivity index (χ0v) is 19.9. The van der Waals surface area contributed by atoms with Gasteiger partial charge in [0.05, 0.1) is 22.3 Å². The van der Waals surface area contributed by atoms with Crippen molar-refractivity contribution >= 4 is 48.4 Å². The number of carbonyl (C=O) groups excluding carboxylic acids is 4. The topological polar surface area (TPSA) is 127 Å². The highest BCUT2D eigenvalue weighted by Crippen LogP contribution is 2.23. The number of imide groups is 2. The first-order chi connectivity index (χ1) is 15.5. The van der Waals surface area contributed by atoms with E-state index in [2.05, 4.69) is 0 Å². The summed E-state index contributed by atoms with van der Waals surface area (Å²) in [5, 5.41) is 0. The lowest BCUT2D eigenvalue weighted by atomic mass is 10.1. The molecule has 34 heavy (non-hydrogen) atoms. The predicted octanol–water partition coefficient (Wildman–Crippen LogP) is 2.44. The van der Waals surface area contributed by atoms with Crippen LogP contribution in [0.1, 0.15) is 41.4 Å². The first kappa shape index (κ1) is 28.7. The standard InChI is InChI=1S/C20H14N2O4.C4H10N2.2ClH/c23-17-13-7-1-2-8-14(13)18(24)21(17)11-5-6-12-22-19(25)15-9-3-4-10-16(15)20(22)26;5-3-1-2-4-6;;/h1-10H,11-12H2;1-2H,3-6H2;2*1H/b6-5-;2-1-;;. The monoisotopic (exact) mass is 504 g/mol. The van der Waals surface area contributed by atoms with Crippen LogP contribution in [0.25, 0.3) is 0 Å². The summed E-state index contributed by atoms with van der Waals surface area (Å²) in [6, 6.07) is 13.3. The number of amides is 4. The molecule has 2 heterocycles. The lowest BCUT2D eigenvalue weighted by molar-refractivity contribution is 0.0651. The second-order valence-electron chi connectivity index (χ2n) is 6.95. The van der Waals surface area contributed by atoms with Crippen molar-refractivity contribution in [1.82, 2.24) is 9.80 Å². The van der Waals surface area contributed by atoms with Crippen molar-refractivity contribution in [3.8, 4) is 0 Å². The van der Waals surface area contributed by atoms with Crippen LogP contribution in [0.4, 0.5) is 0 Å². The Balaban J connectivity index is 0.000000647. The number of benzene rings is 2. The molecule has 0 saturated carbocycles. The molecule has 4 N–H and O–H groups in total. The molecule has 180 valence electrons. The Morgan fingerprint density at radius 3 is 1.03 bits per heavy atom. The van der Waals surface area contributed by atoms with Crippen LogP contribution in [-0.2, 0) is 0 Å². The van der Waals surface area contributed by atoms with Crippen LogP contribution in [0, 0.1) is 0 Å². The highest BCUT2D eigenvalue weighted by atomic mass is 35.5. The molecule has 2 aliphatic rings. The Labute approximate surface area is 210 Å². The highest BCUT2D eigenvalue weighted by Gasteiger charge is 2.35. The lowest BCUT2D eigenvalue weighted by Gasteiger charge is -2.12. The van der Waals surface area contributed by atoms with Gasteiger partial charge in [-0.3, -0.25) is 29.0 Å². The fraction of sp³-hybridized carbons (Fsp3) is 0.167. The molecule has 0 aliphatic carbocycles. The molecule has 0 unspecified atom stereocenters. The number of fused-ring (bicyclic) bond motifs is 2. The van der Waals surface area contributed by atoms with Crippen LogP contribution in [0.5, 0.6) is 0 Å². The van der Waals surface area contributed by atoms with Crippen LogP contribution in [0.15, 0.2) is 72.8 Å². The Morgan fingerprint density at radius 1 is 0.529 bits per heavy atom. The van der Waals surface area contributed by atoms with Crippen molar-refractivity contribution in [2.24, 2.45) is 11.5 Å². The van der Waals surface area contributed by atoms with Gasteiger partial charge < -0.3 is 11.5 Å². The second kappa shape index (κ2) is 13.4. The normalized spacial score (nSPS) is 14.1. The minimum Gasteiger partial charge on any atom is -0.327 e. The van der Waals surface area contributed by atoms with E-state index in [1.54, 1.807) is 60.7 Å². The molecule has 8 nitrogen and oxygen atoms in total. The van der Waals surface area contributed by atoms with Gasteiger partial charge >= 0.3 is 0 Å². The summed E-state index contributed by atoms with van der Waals surface area (Å²) in [5.74, 6) is -1.35. The first-order valence-electron chi connectivity index (χ1n) is 10.1. The molecular formula is C24H26Cl2N4O4. The largest absolute Gasteiger partial charge is 0.327 e. The van der Waals surface area contributed by atoms with E-state index in [1.807, 2.05) is 12.2 Å². The maximum atomic E-state index is 12.3. The molecule has 4 amide bonds. The summed E-state index contributed by atoms with van der Waals surface area (Å²) in [7, 11) is 0. The minimum absolute atomic E-state index is 0. The Bertz CT molecular complexity index is 962. The van der Waals surface area contributed by atoms with Gasteiger partial charge in [0.2, 0.25) is 0 Å². The molecule has 0 bridgehead atoms. The zero-order chi connectivity index (χ0) is 23.1. The molecule has 0 saturated heterocycles. The summed E-state index contributed by atoms with van der Waals surface area (Å²) in [5.41, 5.74) is 11.7. The van der Waals surface area contributed by atoms with Gasteiger partial charge in [0.1, 0.15) is 0 Å². The van der Waals surface area contributed by atoms with Crippen molar-refractivity contribution in [2.45, 2.75) is 0 Å². The Hall–Kier alpha value is -3.30. The van der Waals surface area contributed by atoms with E-state index >= 15 is 0 Å². The molecule has 0 spiro atoms. The van der Waals surface area contributed by atoms with Gasteiger partial charge in [0.15, 0.2) is 0 Å². The van der Waals surface area contributed by atoms with Crippen LogP contribution in [-0.4, -0.2) is 59.6 Å². The van der Waals surface area contributed by atoms with Crippen molar-refractivity contribution in [1.29, 1.82) is 0 Å². The maximum Gasteiger partial charge on any atom is 0.261 e. The summed E-state index contributed by atoms with van der Waals surface area (Å²) in [4.78, 5) is 51.3. The van der Waals surface area contributed by atoms with E-state index in [4.69, 9.17) is 11.5 Å². The van der Waals surface area contributed by atoms with Gasteiger partial charge in [0.25, 0.3) is 23.6 Å². The van der Waals surface area contributed by atoms with Crippen molar-refractivity contribution in [2.75, 3.05) is 26.2 Å². The van der Waals surface area contributed by atoms with Crippen molar-refractivity contribution < 1.29 is 19.2 Å². The Morgan fingerprint density at radius 2 is 0.794 bits per heavy atom. The molecule has 2 aromatic carbocycles. The van der Waals surface area contributed by atoms with Gasteiger partial charge in [-0.2, -0.15) is 0 Å². The van der Waals surface area contributed by atoms with E-state index < -0.39 is 0 Å².